The summed E-state index contributed by atoms with van der Waals surface area (Å²) in [6.07, 6.45) is 0. The van der Waals surface area contributed by atoms with Gasteiger partial charge in [-0.25, -0.2) is 0 Å². The molecule has 112 valence electrons. The summed E-state index contributed by atoms with van der Waals surface area (Å²) >= 11 is 0. The molecule has 5 nitrogen and oxygen atoms in total. The highest BCUT2D eigenvalue weighted by Crippen LogP contribution is 2.30. The van der Waals surface area contributed by atoms with Crippen molar-refractivity contribution in [3.05, 3.63) is 23.3 Å². The second-order valence-electron chi connectivity index (χ2n) is 4.94. The molecule has 0 spiro atoms. The third-order valence-electron chi connectivity index (χ3n) is 3.59. The van der Waals surface area contributed by atoms with Gasteiger partial charge in [-0.05, 0) is 12.1 Å². The van der Waals surface area contributed by atoms with Gasteiger partial charge >= 0.3 is 0 Å². The summed E-state index contributed by atoms with van der Waals surface area (Å²) in [7, 11) is 5.08. The van der Waals surface area contributed by atoms with Crippen molar-refractivity contribution in [2.75, 3.05) is 47.5 Å². The van der Waals surface area contributed by atoms with E-state index in [0.717, 1.165) is 55.3 Å². The summed E-state index contributed by atoms with van der Waals surface area (Å²) < 4.78 is 16.2. The fourth-order valence-corrected chi connectivity index (χ4v) is 2.53. The maximum absolute atomic E-state index is 5.52. The quantitative estimate of drug-likeness (QED) is 0.849. The molecule has 0 aliphatic carbocycles. The molecule has 1 aliphatic rings. The van der Waals surface area contributed by atoms with E-state index in [2.05, 4.69) is 16.3 Å². The zero-order chi connectivity index (χ0) is 14.4. The molecule has 1 fully saturated rings. The van der Waals surface area contributed by atoms with E-state index in [-0.39, 0.29) is 0 Å². The van der Waals surface area contributed by atoms with Gasteiger partial charge in [-0.3, -0.25) is 4.90 Å². The fraction of sp³-hybridized carbons (Fsp3) is 0.600. The standard InChI is InChI=1S/C15H24N2O3/c1-18-11-13-9-14(19-2)12(8-15(13)20-3)10-17-6-4-16-5-7-17/h8-9,16H,4-7,10-11H2,1-3H3. The number of piperazine rings is 1. The van der Waals surface area contributed by atoms with Crippen LogP contribution >= 0.6 is 0 Å². The first-order chi connectivity index (χ1) is 9.78. The zero-order valence-corrected chi connectivity index (χ0v) is 12.6. The first-order valence-electron chi connectivity index (χ1n) is 6.94. The minimum Gasteiger partial charge on any atom is -0.496 e. The molecular formula is C15H24N2O3. The fourth-order valence-electron chi connectivity index (χ4n) is 2.53. The number of nitrogens with one attached hydrogen (secondary N) is 1. The van der Waals surface area contributed by atoms with Gasteiger partial charge in [-0.1, -0.05) is 0 Å². The van der Waals surface area contributed by atoms with E-state index >= 15 is 0 Å². The highest BCUT2D eigenvalue weighted by molar-refractivity contribution is 5.46. The van der Waals surface area contributed by atoms with Crippen LogP contribution in [0.3, 0.4) is 0 Å². The first kappa shape index (κ1) is 15.1. The molecular weight excluding hydrogens is 256 g/mol. The lowest BCUT2D eigenvalue weighted by Crippen LogP contribution is -2.42. The number of methoxy groups -OCH3 is 3. The second kappa shape index (κ2) is 7.47. The predicted octanol–water partition coefficient (Wildman–Crippen LogP) is 1.26. The lowest BCUT2D eigenvalue weighted by atomic mass is 10.1. The van der Waals surface area contributed by atoms with Gasteiger partial charge < -0.3 is 19.5 Å². The predicted molar refractivity (Wildman–Crippen MR) is 78.4 cm³/mol. The Hall–Kier alpha value is -1.30. The molecule has 0 atom stereocenters. The Labute approximate surface area is 120 Å². The van der Waals surface area contributed by atoms with Gasteiger partial charge in [-0.2, -0.15) is 0 Å². The van der Waals surface area contributed by atoms with Crippen LogP contribution in [0, 0.1) is 0 Å². The highest BCUT2D eigenvalue weighted by Gasteiger charge is 2.15. The van der Waals surface area contributed by atoms with Gasteiger partial charge in [-0.15, -0.1) is 0 Å². The van der Waals surface area contributed by atoms with Crippen LogP contribution < -0.4 is 14.8 Å². The molecule has 0 radical (unpaired) electrons. The Morgan fingerprint density at radius 2 is 1.60 bits per heavy atom. The number of hydrogen-bond donors (Lipinski definition) is 1. The SMILES string of the molecule is COCc1cc(OC)c(CN2CCNCC2)cc1OC. The van der Waals surface area contributed by atoms with E-state index in [9.17, 15) is 0 Å². The Balaban J connectivity index is 2.21. The Kier molecular flexibility index (Phi) is 5.64. The number of rotatable bonds is 6. The molecule has 0 unspecified atom stereocenters. The van der Waals surface area contributed by atoms with Gasteiger partial charge in [0, 0.05) is 51.0 Å². The van der Waals surface area contributed by atoms with E-state index in [0.29, 0.717) is 6.61 Å². The lowest BCUT2D eigenvalue weighted by Gasteiger charge is -2.28. The summed E-state index contributed by atoms with van der Waals surface area (Å²) in [5.74, 6) is 1.76. The summed E-state index contributed by atoms with van der Waals surface area (Å²) in [5, 5.41) is 3.36. The van der Waals surface area contributed by atoms with Crippen LogP contribution in [0.5, 0.6) is 11.5 Å². The van der Waals surface area contributed by atoms with Gasteiger partial charge in [0.2, 0.25) is 0 Å². The van der Waals surface area contributed by atoms with Gasteiger partial charge in [0.05, 0.1) is 20.8 Å². The molecule has 1 aromatic carbocycles. The molecule has 1 N–H and O–H groups in total. The average molecular weight is 280 g/mol. The maximum atomic E-state index is 5.52. The van der Waals surface area contributed by atoms with Crippen LogP contribution in [0.4, 0.5) is 0 Å². The Bertz CT molecular complexity index is 431. The third kappa shape index (κ3) is 3.62. The van der Waals surface area contributed by atoms with Crippen molar-refractivity contribution in [3.63, 3.8) is 0 Å². The topological polar surface area (TPSA) is 43.0 Å². The maximum Gasteiger partial charge on any atom is 0.124 e. The molecule has 1 aromatic rings. The Morgan fingerprint density at radius 3 is 2.20 bits per heavy atom. The molecule has 20 heavy (non-hydrogen) atoms. The van der Waals surface area contributed by atoms with E-state index < -0.39 is 0 Å². The van der Waals surface area contributed by atoms with Crippen LogP contribution in [0.15, 0.2) is 12.1 Å². The molecule has 0 saturated carbocycles. The average Bonchev–Trinajstić information content (AvgIpc) is 2.49. The van der Waals surface area contributed by atoms with Crippen molar-refractivity contribution < 1.29 is 14.2 Å². The van der Waals surface area contributed by atoms with Crippen molar-refractivity contribution in [2.24, 2.45) is 0 Å². The zero-order valence-electron chi connectivity index (χ0n) is 12.6. The second-order valence-corrected chi connectivity index (χ2v) is 4.94. The number of nitrogens with zero attached hydrogens (tertiary/aromatic N) is 1. The van der Waals surface area contributed by atoms with Gasteiger partial charge in [0.15, 0.2) is 0 Å². The normalized spacial score (nSPS) is 16.1. The van der Waals surface area contributed by atoms with Crippen LogP contribution in [0.25, 0.3) is 0 Å². The molecule has 0 aromatic heterocycles. The number of ether oxygens (including phenoxy) is 3. The molecule has 0 bridgehead atoms. The molecule has 1 saturated heterocycles. The summed E-state index contributed by atoms with van der Waals surface area (Å²) in [6.45, 7) is 5.61. The lowest BCUT2D eigenvalue weighted by molar-refractivity contribution is 0.181. The first-order valence-corrected chi connectivity index (χ1v) is 6.94. The van der Waals surface area contributed by atoms with Gasteiger partial charge in [0.25, 0.3) is 0 Å². The minimum absolute atomic E-state index is 0.521. The third-order valence-corrected chi connectivity index (χ3v) is 3.59. The van der Waals surface area contributed by atoms with E-state index in [1.54, 1.807) is 21.3 Å². The minimum atomic E-state index is 0.521. The van der Waals surface area contributed by atoms with Crippen molar-refractivity contribution in [2.45, 2.75) is 13.2 Å². The van der Waals surface area contributed by atoms with E-state index in [4.69, 9.17) is 14.2 Å². The van der Waals surface area contributed by atoms with Crippen LogP contribution in [0.2, 0.25) is 0 Å². The summed E-state index contributed by atoms with van der Waals surface area (Å²) in [5.41, 5.74) is 2.17. The monoisotopic (exact) mass is 280 g/mol. The molecule has 1 aliphatic heterocycles. The molecule has 0 amide bonds. The van der Waals surface area contributed by atoms with Crippen LogP contribution in [0.1, 0.15) is 11.1 Å². The highest BCUT2D eigenvalue weighted by atomic mass is 16.5. The van der Waals surface area contributed by atoms with E-state index in [1.807, 2.05) is 6.07 Å². The van der Waals surface area contributed by atoms with Gasteiger partial charge in [0.1, 0.15) is 11.5 Å². The van der Waals surface area contributed by atoms with Crippen molar-refractivity contribution in [1.82, 2.24) is 10.2 Å². The van der Waals surface area contributed by atoms with Crippen LogP contribution in [-0.4, -0.2) is 52.4 Å². The Morgan fingerprint density at radius 1 is 1.00 bits per heavy atom. The van der Waals surface area contributed by atoms with Crippen LogP contribution in [-0.2, 0) is 17.9 Å². The summed E-state index contributed by atoms with van der Waals surface area (Å²) in [6, 6.07) is 4.08. The van der Waals surface area contributed by atoms with E-state index in [1.165, 1.54) is 0 Å². The molecule has 2 rings (SSSR count). The molecule has 5 heteroatoms. The largest absolute Gasteiger partial charge is 0.496 e. The number of benzene rings is 1. The molecule has 1 heterocycles. The van der Waals surface area contributed by atoms with Crippen molar-refractivity contribution >= 4 is 0 Å². The van der Waals surface area contributed by atoms with Crippen molar-refractivity contribution in [3.8, 4) is 11.5 Å². The smallest absolute Gasteiger partial charge is 0.124 e. The van der Waals surface area contributed by atoms with Crippen molar-refractivity contribution in [1.29, 1.82) is 0 Å². The summed E-state index contributed by atoms with van der Waals surface area (Å²) in [4.78, 5) is 2.42. The number of hydrogen-bond acceptors (Lipinski definition) is 5.